The Balaban J connectivity index is 2.87. The van der Waals surface area contributed by atoms with Gasteiger partial charge in [-0.25, -0.2) is 0 Å². The van der Waals surface area contributed by atoms with Gasteiger partial charge in [0.2, 0.25) is 0 Å². The molecule has 0 aliphatic carbocycles. The van der Waals surface area contributed by atoms with Crippen molar-refractivity contribution < 1.29 is 27.6 Å². The van der Waals surface area contributed by atoms with E-state index in [1.165, 1.54) is 0 Å². The van der Waals surface area contributed by atoms with Gasteiger partial charge in [0, 0.05) is 11.6 Å². The first-order valence-corrected chi connectivity index (χ1v) is 4.48. The Morgan fingerprint density at radius 2 is 2.06 bits per heavy atom. The van der Waals surface area contributed by atoms with Crippen molar-refractivity contribution in [1.29, 1.82) is 0 Å². The van der Waals surface area contributed by atoms with Crippen LogP contribution in [0.5, 0.6) is 0 Å². The molecule has 0 aliphatic rings. The molecule has 0 heterocycles. The van der Waals surface area contributed by atoms with Gasteiger partial charge in [-0.05, 0) is 12.1 Å². The van der Waals surface area contributed by atoms with Crippen molar-refractivity contribution in [2.24, 2.45) is 0 Å². The molecule has 1 rings (SSSR count). The van der Waals surface area contributed by atoms with Crippen LogP contribution < -0.4 is 5.73 Å². The number of nitro groups is 1. The number of anilines is 1. The summed E-state index contributed by atoms with van der Waals surface area (Å²) in [7, 11) is 0. The number of hydrogen-bond donors (Lipinski definition) is 1. The number of ketones is 1. The van der Waals surface area contributed by atoms with Gasteiger partial charge in [-0.1, -0.05) is 0 Å². The third-order valence-corrected chi connectivity index (χ3v) is 1.92. The van der Waals surface area contributed by atoms with E-state index in [0.29, 0.717) is 0 Å². The molecular weight excluding hydrogens is 257 g/mol. The summed E-state index contributed by atoms with van der Waals surface area (Å²) < 4.78 is 38.4. The first-order valence-electron chi connectivity index (χ1n) is 4.48. The van der Waals surface area contributed by atoms with Gasteiger partial charge in [0.1, 0.15) is 12.3 Å². The molecule has 0 saturated heterocycles. The van der Waals surface area contributed by atoms with Gasteiger partial charge in [-0.2, -0.15) is 0 Å². The van der Waals surface area contributed by atoms with Crippen molar-refractivity contribution in [1.82, 2.24) is 0 Å². The Kier molecular flexibility index (Phi) is 3.86. The van der Waals surface area contributed by atoms with Crippen molar-refractivity contribution in [3.8, 4) is 0 Å². The van der Waals surface area contributed by atoms with Gasteiger partial charge < -0.3 is 5.73 Å². The minimum absolute atomic E-state index is 0.187. The fourth-order valence-corrected chi connectivity index (χ4v) is 1.11. The van der Waals surface area contributed by atoms with Gasteiger partial charge in [0.05, 0.1) is 4.92 Å². The van der Waals surface area contributed by atoms with Crippen molar-refractivity contribution in [2.75, 3.05) is 12.3 Å². The van der Waals surface area contributed by atoms with Crippen LogP contribution in [0.3, 0.4) is 0 Å². The summed E-state index contributed by atoms with van der Waals surface area (Å²) in [6.07, 6.45) is -4.94. The molecule has 0 saturated carbocycles. The molecule has 9 heteroatoms. The lowest BCUT2D eigenvalue weighted by atomic mass is 10.1. The van der Waals surface area contributed by atoms with E-state index in [-0.39, 0.29) is 11.3 Å². The molecule has 0 atom stereocenters. The number of nitro benzene ring substituents is 1. The van der Waals surface area contributed by atoms with Gasteiger partial charge in [0.15, 0.2) is 5.78 Å². The zero-order valence-electron chi connectivity index (χ0n) is 8.73. The topological polar surface area (TPSA) is 95.5 Å². The van der Waals surface area contributed by atoms with Crippen LogP contribution in [0.4, 0.5) is 24.5 Å². The molecule has 2 N–H and O–H groups in total. The Morgan fingerprint density at radius 3 is 2.56 bits per heavy atom. The number of nitrogens with two attached hydrogens (primary N) is 1. The zero-order chi connectivity index (χ0) is 13.9. The molecule has 0 aromatic heterocycles. The third-order valence-electron chi connectivity index (χ3n) is 1.92. The summed E-state index contributed by atoms with van der Waals surface area (Å²) in [5.74, 6) is -1.03. The molecule has 0 radical (unpaired) electrons. The molecule has 0 spiro atoms. The summed E-state index contributed by atoms with van der Waals surface area (Å²) in [4.78, 5) is 21.0. The van der Waals surface area contributed by atoms with Crippen LogP contribution in [-0.2, 0) is 4.74 Å². The fourth-order valence-electron chi connectivity index (χ4n) is 1.11. The second kappa shape index (κ2) is 5.00. The van der Waals surface area contributed by atoms with Gasteiger partial charge in [0.25, 0.3) is 5.69 Å². The summed E-state index contributed by atoms with van der Waals surface area (Å²) in [6, 6.07) is 2.96. The van der Waals surface area contributed by atoms with Gasteiger partial charge in [-0.15, -0.1) is 13.2 Å². The molecule has 1 aromatic carbocycles. The quantitative estimate of drug-likeness (QED) is 0.388. The van der Waals surface area contributed by atoms with Crippen LogP contribution in [-0.4, -0.2) is 23.7 Å². The second-order valence-corrected chi connectivity index (χ2v) is 3.19. The number of carbonyl (C=O) groups excluding carboxylic acids is 1. The minimum atomic E-state index is -4.94. The van der Waals surface area contributed by atoms with E-state index in [9.17, 15) is 28.1 Å². The summed E-state index contributed by atoms with van der Waals surface area (Å²) >= 11 is 0. The fraction of sp³-hybridized carbons (Fsp3) is 0.222. The highest BCUT2D eigenvalue weighted by Gasteiger charge is 2.30. The van der Waals surface area contributed by atoms with Crippen LogP contribution in [0.25, 0.3) is 0 Å². The molecule has 98 valence electrons. The SMILES string of the molecule is Nc1ccc(C(=O)COC(F)(F)F)cc1[N+](=O)[O-]. The van der Waals surface area contributed by atoms with Gasteiger partial charge >= 0.3 is 6.36 Å². The predicted octanol–water partition coefficient (Wildman–Crippen LogP) is 1.90. The van der Waals surface area contributed by atoms with Crippen LogP contribution in [0.15, 0.2) is 18.2 Å². The molecular formula is C9H7F3N2O4. The van der Waals surface area contributed by atoms with Crippen LogP contribution in [0, 0.1) is 10.1 Å². The number of Topliss-reactive ketones (excluding diaryl/α,β-unsaturated/α-hetero) is 1. The molecule has 6 nitrogen and oxygen atoms in total. The number of benzene rings is 1. The molecule has 1 aromatic rings. The van der Waals surface area contributed by atoms with Crippen molar-refractivity contribution in [2.45, 2.75) is 6.36 Å². The van der Waals surface area contributed by atoms with E-state index in [4.69, 9.17) is 5.73 Å². The molecule has 18 heavy (non-hydrogen) atoms. The number of alkyl halides is 3. The Labute approximate surface area is 98.3 Å². The number of ether oxygens (including phenoxy) is 1. The van der Waals surface area contributed by atoms with E-state index in [1.54, 1.807) is 0 Å². The second-order valence-electron chi connectivity index (χ2n) is 3.19. The van der Waals surface area contributed by atoms with E-state index in [1.807, 2.05) is 0 Å². The first-order chi connectivity index (χ1) is 8.20. The van der Waals surface area contributed by atoms with Crippen LogP contribution >= 0.6 is 0 Å². The first kappa shape index (κ1) is 13.9. The molecule has 0 fully saturated rings. The van der Waals surface area contributed by atoms with E-state index in [0.717, 1.165) is 18.2 Å². The maximum Gasteiger partial charge on any atom is 0.522 e. The normalized spacial score (nSPS) is 11.3. The average Bonchev–Trinajstić information content (AvgIpc) is 2.25. The van der Waals surface area contributed by atoms with Crippen molar-refractivity contribution in [3.05, 3.63) is 33.9 Å². The standard InChI is InChI=1S/C9H7F3N2O4/c10-9(11,12)18-4-8(15)5-1-2-6(13)7(3-5)14(16)17/h1-3H,4,13H2. The molecule has 0 aliphatic heterocycles. The summed E-state index contributed by atoms with van der Waals surface area (Å²) in [6.45, 7) is -1.25. The van der Waals surface area contributed by atoms with Crippen molar-refractivity contribution >= 4 is 17.2 Å². The summed E-state index contributed by atoms with van der Waals surface area (Å²) in [5, 5.41) is 10.5. The lowest BCUT2D eigenvalue weighted by Gasteiger charge is -2.06. The number of nitrogens with zero attached hydrogens (tertiary/aromatic N) is 1. The minimum Gasteiger partial charge on any atom is -0.393 e. The largest absolute Gasteiger partial charge is 0.522 e. The zero-order valence-corrected chi connectivity index (χ0v) is 8.73. The lowest BCUT2D eigenvalue weighted by molar-refractivity contribution is -0.383. The third kappa shape index (κ3) is 3.70. The van der Waals surface area contributed by atoms with E-state index >= 15 is 0 Å². The Morgan fingerprint density at radius 1 is 1.44 bits per heavy atom. The monoisotopic (exact) mass is 264 g/mol. The number of carbonyl (C=O) groups is 1. The maximum atomic E-state index is 11.7. The maximum absolute atomic E-state index is 11.7. The highest BCUT2D eigenvalue weighted by molar-refractivity contribution is 5.98. The van der Waals surface area contributed by atoms with Gasteiger partial charge in [-0.3, -0.25) is 19.6 Å². The molecule has 0 unspecified atom stereocenters. The highest BCUT2D eigenvalue weighted by atomic mass is 19.4. The highest BCUT2D eigenvalue weighted by Crippen LogP contribution is 2.23. The average molecular weight is 264 g/mol. The van der Waals surface area contributed by atoms with E-state index < -0.39 is 29.4 Å². The van der Waals surface area contributed by atoms with Crippen LogP contribution in [0.1, 0.15) is 10.4 Å². The number of nitrogen functional groups attached to an aromatic ring is 1. The lowest BCUT2D eigenvalue weighted by Crippen LogP contribution is -2.19. The Hall–Kier alpha value is -2.16. The molecule has 0 amide bonds. The number of hydrogen-bond acceptors (Lipinski definition) is 5. The number of halogens is 3. The van der Waals surface area contributed by atoms with Crippen LogP contribution in [0.2, 0.25) is 0 Å². The smallest absolute Gasteiger partial charge is 0.393 e. The Bertz CT molecular complexity index is 487. The van der Waals surface area contributed by atoms with Crippen molar-refractivity contribution in [3.63, 3.8) is 0 Å². The molecule has 0 bridgehead atoms. The summed E-state index contributed by atoms with van der Waals surface area (Å²) in [5.41, 5.74) is 4.26. The number of rotatable bonds is 4. The predicted molar refractivity (Wildman–Crippen MR) is 53.8 cm³/mol. The van der Waals surface area contributed by atoms with E-state index in [2.05, 4.69) is 4.74 Å².